The lowest BCUT2D eigenvalue weighted by atomic mass is 10.1. The number of hydrogen-bond acceptors (Lipinski definition) is 7. The Morgan fingerprint density at radius 2 is 1.57 bits per heavy atom. The van der Waals surface area contributed by atoms with Crippen LogP contribution >= 0.6 is 0 Å². The van der Waals surface area contributed by atoms with Gasteiger partial charge in [0.2, 0.25) is 0 Å². The van der Waals surface area contributed by atoms with Crippen LogP contribution in [0.2, 0.25) is 0 Å². The van der Waals surface area contributed by atoms with E-state index in [-0.39, 0.29) is 25.4 Å². The van der Waals surface area contributed by atoms with E-state index in [2.05, 4.69) is 10.1 Å². The van der Waals surface area contributed by atoms with E-state index in [0.29, 0.717) is 0 Å². The number of ketones is 1. The van der Waals surface area contributed by atoms with Crippen LogP contribution < -0.4 is 14.8 Å². The maximum Gasteiger partial charge on any atom is 0.421 e. The largest absolute Gasteiger partial charge is 0.449 e. The van der Waals surface area contributed by atoms with Gasteiger partial charge < -0.3 is 19.6 Å². The lowest BCUT2D eigenvalue weighted by molar-refractivity contribution is -0.118. The van der Waals surface area contributed by atoms with Gasteiger partial charge in [0, 0.05) is 26.4 Å². The van der Waals surface area contributed by atoms with Crippen molar-refractivity contribution in [3.63, 3.8) is 0 Å². The zero-order valence-electron chi connectivity index (χ0n) is 12.0. The van der Waals surface area contributed by atoms with Gasteiger partial charge in [0.25, 0.3) is 0 Å². The molecule has 0 aliphatic rings. The van der Waals surface area contributed by atoms with Gasteiger partial charge in [-0.3, -0.25) is 0 Å². The standard InChI is InChI=1S/C10H19N3O7S/c1-7(14)4-8(5-19-9(15)11-2)6-20-10(16)13-21(17,18)12-3/h8,12H,4-6H2,1-3H3,(H,11,15)(H,13,16)/t8-/m0/s1. The van der Waals surface area contributed by atoms with Crippen LogP contribution in [-0.2, 0) is 24.5 Å². The summed E-state index contributed by atoms with van der Waals surface area (Å²) in [7, 11) is -1.47. The molecular weight excluding hydrogens is 306 g/mol. The lowest BCUT2D eigenvalue weighted by Crippen LogP contribution is -2.39. The molecule has 21 heavy (non-hydrogen) atoms. The fraction of sp³-hybridized carbons (Fsp3) is 0.700. The molecule has 0 heterocycles. The molecule has 0 aromatic heterocycles. The van der Waals surface area contributed by atoms with Crippen molar-refractivity contribution in [3.8, 4) is 0 Å². The van der Waals surface area contributed by atoms with Gasteiger partial charge in [-0.15, -0.1) is 0 Å². The van der Waals surface area contributed by atoms with Crippen molar-refractivity contribution in [3.05, 3.63) is 0 Å². The van der Waals surface area contributed by atoms with Crippen LogP contribution in [-0.4, -0.2) is 53.7 Å². The second-order valence-electron chi connectivity index (χ2n) is 4.03. The average Bonchev–Trinajstić information content (AvgIpc) is 2.40. The molecule has 3 N–H and O–H groups in total. The van der Waals surface area contributed by atoms with Crippen LogP contribution in [0.5, 0.6) is 0 Å². The molecule has 0 radical (unpaired) electrons. The van der Waals surface area contributed by atoms with E-state index in [4.69, 9.17) is 4.74 Å². The molecule has 11 heteroatoms. The smallest absolute Gasteiger partial charge is 0.421 e. The summed E-state index contributed by atoms with van der Waals surface area (Å²) in [5.74, 6) is -0.754. The van der Waals surface area contributed by atoms with Gasteiger partial charge in [-0.1, -0.05) is 0 Å². The first-order valence-corrected chi connectivity index (χ1v) is 7.40. The number of amides is 2. The van der Waals surface area contributed by atoms with Gasteiger partial charge in [0.05, 0.1) is 13.2 Å². The predicted octanol–water partition coefficient (Wildman–Crippen LogP) is -0.872. The third kappa shape index (κ3) is 9.62. The fourth-order valence-corrected chi connectivity index (χ4v) is 1.60. The van der Waals surface area contributed by atoms with Gasteiger partial charge in [-0.05, 0) is 6.92 Å². The SMILES string of the molecule is CNC(=O)OC[C@@H](COC(=O)NS(=O)(=O)NC)CC(C)=O. The normalized spacial score (nSPS) is 12.1. The highest BCUT2D eigenvalue weighted by atomic mass is 32.2. The molecule has 0 aliphatic carbocycles. The number of rotatable bonds is 8. The first kappa shape index (κ1) is 19.1. The number of carbonyl (C=O) groups is 3. The van der Waals surface area contributed by atoms with E-state index in [9.17, 15) is 22.8 Å². The molecule has 0 rings (SSSR count). The number of hydrogen-bond donors (Lipinski definition) is 3. The number of carbonyl (C=O) groups excluding carboxylic acids is 3. The summed E-state index contributed by atoms with van der Waals surface area (Å²) in [4.78, 5) is 33.3. The van der Waals surface area contributed by atoms with Crippen molar-refractivity contribution in [2.45, 2.75) is 13.3 Å². The molecule has 0 aliphatic heterocycles. The van der Waals surface area contributed by atoms with Crippen LogP contribution in [0.3, 0.4) is 0 Å². The molecule has 0 unspecified atom stereocenters. The first-order chi connectivity index (χ1) is 9.70. The zero-order valence-corrected chi connectivity index (χ0v) is 12.8. The minimum atomic E-state index is -3.96. The molecule has 0 saturated carbocycles. The Labute approximate surface area is 122 Å². The van der Waals surface area contributed by atoms with E-state index >= 15 is 0 Å². The lowest BCUT2D eigenvalue weighted by Gasteiger charge is -2.16. The minimum absolute atomic E-state index is 0.0169. The summed E-state index contributed by atoms with van der Waals surface area (Å²) in [5.41, 5.74) is 0. The van der Waals surface area contributed by atoms with Gasteiger partial charge in [-0.2, -0.15) is 8.42 Å². The second-order valence-corrected chi connectivity index (χ2v) is 5.65. The zero-order chi connectivity index (χ0) is 16.5. The topological polar surface area (TPSA) is 140 Å². The molecule has 0 saturated heterocycles. The number of nitrogens with one attached hydrogen (secondary N) is 3. The highest BCUT2D eigenvalue weighted by Crippen LogP contribution is 2.06. The third-order valence-electron chi connectivity index (χ3n) is 2.17. The maximum absolute atomic E-state index is 11.2. The van der Waals surface area contributed by atoms with E-state index in [1.807, 2.05) is 4.72 Å². The number of alkyl carbamates (subject to hydrolysis) is 1. The predicted molar refractivity (Wildman–Crippen MR) is 71.7 cm³/mol. The molecule has 0 fully saturated rings. The Kier molecular flexibility index (Phi) is 8.31. The molecule has 1 atom stereocenters. The van der Waals surface area contributed by atoms with Crippen LogP contribution in [0, 0.1) is 5.92 Å². The Morgan fingerprint density at radius 3 is 2.00 bits per heavy atom. The molecule has 10 nitrogen and oxygen atoms in total. The van der Waals surface area contributed by atoms with Crippen molar-refractivity contribution < 1.29 is 32.3 Å². The quantitative estimate of drug-likeness (QED) is 0.527. The van der Waals surface area contributed by atoms with Crippen molar-refractivity contribution in [2.24, 2.45) is 5.92 Å². The van der Waals surface area contributed by atoms with Gasteiger partial charge in [-0.25, -0.2) is 19.0 Å². The second kappa shape index (κ2) is 9.13. The van der Waals surface area contributed by atoms with E-state index in [0.717, 1.165) is 7.05 Å². The van der Waals surface area contributed by atoms with Crippen LogP contribution in [0.15, 0.2) is 0 Å². The highest BCUT2D eigenvalue weighted by molar-refractivity contribution is 7.88. The summed E-state index contributed by atoms with van der Waals surface area (Å²) in [6.45, 7) is 0.908. The van der Waals surface area contributed by atoms with Gasteiger partial charge in [0.15, 0.2) is 0 Å². The first-order valence-electron chi connectivity index (χ1n) is 5.92. The Hall–Kier alpha value is -1.88. The molecular formula is C10H19N3O7S. The number of Topliss-reactive ketones (excluding diaryl/α,β-unsaturated/α-hetero) is 1. The third-order valence-corrected chi connectivity index (χ3v) is 3.14. The molecule has 2 amide bonds. The van der Waals surface area contributed by atoms with Crippen molar-refractivity contribution in [1.82, 2.24) is 14.8 Å². The van der Waals surface area contributed by atoms with E-state index < -0.39 is 28.3 Å². The summed E-state index contributed by atoms with van der Waals surface area (Å²) < 4.78 is 35.0. The molecule has 0 aromatic rings. The summed E-state index contributed by atoms with van der Waals surface area (Å²) in [6.07, 6.45) is -1.87. The summed E-state index contributed by atoms with van der Waals surface area (Å²) in [5, 5.41) is 2.22. The Balaban J connectivity index is 4.37. The molecule has 122 valence electrons. The molecule has 0 aromatic carbocycles. The van der Waals surface area contributed by atoms with Crippen molar-refractivity contribution >= 4 is 28.2 Å². The van der Waals surface area contributed by atoms with E-state index in [1.165, 1.54) is 14.0 Å². The van der Waals surface area contributed by atoms with Gasteiger partial charge in [0.1, 0.15) is 5.78 Å². The number of ether oxygens (including phenoxy) is 2. The minimum Gasteiger partial charge on any atom is -0.449 e. The Bertz CT molecular complexity index is 477. The molecule has 0 spiro atoms. The Morgan fingerprint density at radius 1 is 1.05 bits per heavy atom. The monoisotopic (exact) mass is 325 g/mol. The summed E-state index contributed by atoms with van der Waals surface area (Å²) >= 11 is 0. The summed E-state index contributed by atoms with van der Waals surface area (Å²) in [6, 6.07) is 0. The fourth-order valence-electron chi connectivity index (χ4n) is 1.22. The maximum atomic E-state index is 11.2. The molecule has 0 bridgehead atoms. The van der Waals surface area contributed by atoms with Crippen LogP contribution in [0.1, 0.15) is 13.3 Å². The van der Waals surface area contributed by atoms with Crippen molar-refractivity contribution in [2.75, 3.05) is 27.3 Å². The average molecular weight is 325 g/mol. The van der Waals surface area contributed by atoms with Crippen LogP contribution in [0.25, 0.3) is 0 Å². The van der Waals surface area contributed by atoms with Crippen LogP contribution in [0.4, 0.5) is 9.59 Å². The highest BCUT2D eigenvalue weighted by Gasteiger charge is 2.18. The van der Waals surface area contributed by atoms with Gasteiger partial charge >= 0.3 is 22.4 Å². The van der Waals surface area contributed by atoms with E-state index in [1.54, 1.807) is 4.72 Å². The van der Waals surface area contributed by atoms with Crippen molar-refractivity contribution in [1.29, 1.82) is 0 Å².